The van der Waals surface area contributed by atoms with Gasteiger partial charge in [0.2, 0.25) is 0 Å². The van der Waals surface area contributed by atoms with Gasteiger partial charge in [0.25, 0.3) is 0 Å². The molecule has 2 rings (SSSR count). The van der Waals surface area contributed by atoms with Gasteiger partial charge in [0, 0.05) is 5.56 Å². The molecule has 1 heterocycles. The van der Waals surface area contributed by atoms with Gasteiger partial charge < -0.3 is 4.74 Å². The predicted molar refractivity (Wildman–Crippen MR) is 59.5 cm³/mol. The fourth-order valence-corrected chi connectivity index (χ4v) is 3.30. The molecule has 0 aromatic heterocycles. The van der Waals surface area contributed by atoms with Crippen LogP contribution in [0.3, 0.4) is 0 Å². The van der Waals surface area contributed by atoms with Crippen LogP contribution in [0.15, 0.2) is 24.3 Å². The molecular weight excluding hydrogens is 228 g/mol. The van der Waals surface area contributed by atoms with E-state index in [1.807, 2.05) is 0 Å². The highest BCUT2D eigenvalue weighted by molar-refractivity contribution is 7.91. The quantitative estimate of drug-likeness (QED) is 0.741. The first-order chi connectivity index (χ1) is 7.59. The van der Waals surface area contributed by atoms with Crippen molar-refractivity contribution in [2.24, 2.45) is 0 Å². The van der Waals surface area contributed by atoms with Gasteiger partial charge in [-0.25, -0.2) is 8.42 Å². The number of hydrogen-bond donors (Lipinski definition) is 0. The third-order valence-electron chi connectivity index (χ3n) is 2.49. The van der Waals surface area contributed by atoms with Crippen molar-refractivity contribution in [2.75, 3.05) is 11.5 Å². The highest BCUT2D eigenvalue weighted by Crippen LogP contribution is 2.20. The van der Waals surface area contributed by atoms with Crippen LogP contribution in [0.25, 0.3) is 0 Å². The fraction of sp³-hybridized carbons (Fsp3) is 0.364. The second-order valence-corrected chi connectivity index (χ2v) is 6.06. The van der Waals surface area contributed by atoms with Crippen molar-refractivity contribution in [3.05, 3.63) is 29.8 Å². The van der Waals surface area contributed by atoms with Crippen molar-refractivity contribution < 1.29 is 17.9 Å². The first-order valence-corrected chi connectivity index (χ1v) is 6.83. The summed E-state index contributed by atoms with van der Waals surface area (Å²) >= 11 is 0. The molecule has 0 N–H and O–H groups in total. The summed E-state index contributed by atoms with van der Waals surface area (Å²) in [4.78, 5) is 10.5. The Kier molecular flexibility index (Phi) is 2.96. The van der Waals surface area contributed by atoms with Crippen molar-refractivity contribution in [2.45, 2.75) is 12.5 Å². The summed E-state index contributed by atoms with van der Waals surface area (Å²) in [6.07, 6.45) is 0.971. The van der Waals surface area contributed by atoms with E-state index in [4.69, 9.17) is 4.74 Å². The number of sulfone groups is 1. The molecule has 0 bridgehead atoms. The molecule has 0 saturated carbocycles. The lowest BCUT2D eigenvalue weighted by Crippen LogP contribution is -2.17. The molecule has 4 nitrogen and oxygen atoms in total. The number of carbonyl (C=O) groups is 1. The van der Waals surface area contributed by atoms with Crippen LogP contribution < -0.4 is 4.74 Å². The van der Waals surface area contributed by atoms with E-state index in [-0.39, 0.29) is 17.6 Å². The van der Waals surface area contributed by atoms with Gasteiger partial charge in [0.05, 0.1) is 11.5 Å². The molecule has 0 amide bonds. The lowest BCUT2D eigenvalue weighted by atomic mass is 10.2. The van der Waals surface area contributed by atoms with E-state index in [1.165, 1.54) is 0 Å². The highest BCUT2D eigenvalue weighted by Gasteiger charge is 2.29. The van der Waals surface area contributed by atoms with Crippen LogP contribution in [-0.4, -0.2) is 32.3 Å². The zero-order valence-electron chi connectivity index (χ0n) is 8.63. The summed E-state index contributed by atoms with van der Waals surface area (Å²) in [5, 5.41) is 0. The summed E-state index contributed by atoms with van der Waals surface area (Å²) in [6, 6.07) is 6.71. The van der Waals surface area contributed by atoms with E-state index in [0.717, 1.165) is 6.29 Å². The van der Waals surface area contributed by atoms with E-state index in [2.05, 4.69) is 0 Å². The minimum absolute atomic E-state index is 0.0678. The Morgan fingerprint density at radius 2 is 2.19 bits per heavy atom. The fourth-order valence-electron chi connectivity index (χ4n) is 1.71. The molecule has 1 atom stereocenters. The van der Waals surface area contributed by atoms with E-state index < -0.39 is 9.84 Å². The van der Waals surface area contributed by atoms with Crippen molar-refractivity contribution in [3.8, 4) is 5.75 Å². The van der Waals surface area contributed by atoms with Gasteiger partial charge in [0.1, 0.15) is 18.1 Å². The zero-order chi connectivity index (χ0) is 11.6. The Labute approximate surface area is 94.2 Å². The van der Waals surface area contributed by atoms with Crippen LogP contribution in [0.2, 0.25) is 0 Å². The first kappa shape index (κ1) is 11.1. The molecule has 0 spiro atoms. The maximum absolute atomic E-state index is 11.2. The molecule has 5 heteroatoms. The Morgan fingerprint density at radius 3 is 2.81 bits per heavy atom. The standard InChI is InChI=1S/C11H12O4S/c12-7-9-2-1-3-10(6-9)15-11-4-5-16(13,14)8-11/h1-3,6-7,11H,4-5,8H2. The largest absolute Gasteiger partial charge is 0.489 e. The van der Waals surface area contributed by atoms with Crippen LogP contribution >= 0.6 is 0 Å². The number of hydrogen-bond acceptors (Lipinski definition) is 4. The molecule has 16 heavy (non-hydrogen) atoms. The van der Waals surface area contributed by atoms with Gasteiger partial charge in [-0.3, -0.25) is 4.79 Å². The molecule has 1 aliphatic heterocycles. The average Bonchev–Trinajstić information content (AvgIpc) is 2.58. The van der Waals surface area contributed by atoms with E-state index >= 15 is 0 Å². The second-order valence-electron chi connectivity index (χ2n) is 3.83. The molecule has 1 aromatic rings. The van der Waals surface area contributed by atoms with Gasteiger partial charge in [-0.1, -0.05) is 12.1 Å². The molecule has 1 saturated heterocycles. The maximum Gasteiger partial charge on any atom is 0.154 e. The predicted octanol–water partition coefficient (Wildman–Crippen LogP) is 1.06. The van der Waals surface area contributed by atoms with Crippen LogP contribution in [0.5, 0.6) is 5.75 Å². The third kappa shape index (κ3) is 2.61. The van der Waals surface area contributed by atoms with E-state index in [9.17, 15) is 13.2 Å². The highest BCUT2D eigenvalue weighted by atomic mass is 32.2. The Hall–Kier alpha value is -1.36. The smallest absolute Gasteiger partial charge is 0.154 e. The van der Waals surface area contributed by atoms with Crippen LogP contribution in [0, 0.1) is 0 Å². The molecule has 0 radical (unpaired) electrons. The average molecular weight is 240 g/mol. The summed E-state index contributed by atoms with van der Waals surface area (Å²) in [5.74, 6) is 0.801. The van der Waals surface area contributed by atoms with Crippen molar-refractivity contribution in [3.63, 3.8) is 0 Å². The number of aldehydes is 1. The minimum atomic E-state index is -2.93. The lowest BCUT2D eigenvalue weighted by molar-refractivity contribution is 0.112. The Morgan fingerprint density at radius 1 is 1.38 bits per heavy atom. The van der Waals surface area contributed by atoms with Gasteiger partial charge in [-0.05, 0) is 18.6 Å². The van der Waals surface area contributed by atoms with Gasteiger partial charge in [0.15, 0.2) is 9.84 Å². The topological polar surface area (TPSA) is 60.4 Å². The molecule has 86 valence electrons. The summed E-state index contributed by atoms with van der Waals surface area (Å²) in [7, 11) is -2.93. The van der Waals surface area contributed by atoms with Crippen LogP contribution in [0.1, 0.15) is 16.8 Å². The number of benzene rings is 1. The van der Waals surface area contributed by atoms with E-state index in [0.29, 0.717) is 17.7 Å². The minimum Gasteiger partial charge on any atom is -0.489 e. The molecule has 1 aromatic carbocycles. The Balaban J connectivity index is 2.07. The molecule has 1 aliphatic rings. The van der Waals surface area contributed by atoms with E-state index in [1.54, 1.807) is 24.3 Å². The lowest BCUT2D eigenvalue weighted by Gasteiger charge is -2.11. The van der Waals surface area contributed by atoms with Crippen molar-refractivity contribution in [1.82, 2.24) is 0 Å². The second kappa shape index (κ2) is 4.25. The van der Waals surface area contributed by atoms with Crippen LogP contribution in [0.4, 0.5) is 0 Å². The third-order valence-corrected chi connectivity index (χ3v) is 4.22. The van der Waals surface area contributed by atoms with Gasteiger partial charge in [-0.15, -0.1) is 0 Å². The maximum atomic E-state index is 11.2. The molecule has 1 unspecified atom stereocenters. The molecule has 0 aliphatic carbocycles. The summed E-state index contributed by atoms with van der Waals surface area (Å²) in [6.45, 7) is 0. The van der Waals surface area contributed by atoms with Gasteiger partial charge in [-0.2, -0.15) is 0 Å². The van der Waals surface area contributed by atoms with Crippen molar-refractivity contribution >= 4 is 16.1 Å². The zero-order valence-corrected chi connectivity index (χ0v) is 9.44. The van der Waals surface area contributed by atoms with Gasteiger partial charge >= 0.3 is 0 Å². The molecular formula is C11H12O4S. The number of carbonyl (C=O) groups excluding carboxylic acids is 1. The van der Waals surface area contributed by atoms with Crippen molar-refractivity contribution in [1.29, 1.82) is 0 Å². The normalized spacial score (nSPS) is 22.9. The first-order valence-electron chi connectivity index (χ1n) is 5.01. The molecule has 1 fully saturated rings. The van der Waals surface area contributed by atoms with Crippen LogP contribution in [-0.2, 0) is 9.84 Å². The number of ether oxygens (including phenoxy) is 1. The summed E-state index contributed by atoms with van der Waals surface area (Å²) in [5.41, 5.74) is 0.526. The number of rotatable bonds is 3. The monoisotopic (exact) mass is 240 g/mol. The SMILES string of the molecule is O=Cc1cccc(OC2CCS(=O)(=O)C2)c1. The summed E-state index contributed by atoms with van der Waals surface area (Å²) < 4.78 is 28.0. The Bertz CT molecular complexity index is 492.